The van der Waals surface area contributed by atoms with Gasteiger partial charge >= 0.3 is 0 Å². The van der Waals surface area contributed by atoms with Gasteiger partial charge in [0, 0.05) is 35.5 Å². The molecular weight excluding hydrogens is 268 g/mol. The molecule has 1 heterocycles. The molecule has 4 atom stereocenters. The molecule has 4 heteroatoms. The van der Waals surface area contributed by atoms with Crippen molar-refractivity contribution in [1.82, 2.24) is 4.90 Å². The fourth-order valence-electron chi connectivity index (χ4n) is 4.47. The van der Waals surface area contributed by atoms with Gasteiger partial charge in [0.1, 0.15) is 0 Å². The van der Waals surface area contributed by atoms with E-state index < -0.39 is 0 Å². The number of nitrogens with two attached hydrogens (primary N) is 1. The summed E-state index contributed by atoms with van der Waals surface area (Å²) >= 11 is 2.00. The van der Waals surface area contributed by atoms with Crippen molar-refractivity contribution in [2.24, 2.45) is 23.5 Å². The van der Waals surface area contributed by atoms with Crippen molar-refractivity contribution in [3.63, 3.8) is 0 Å². The second-order valence-corrected chi connectivity index (χ2v) is 8.53. The third kappa shape index (κ3) is 2.61. The summed E-state index contributed by atoms with van der Waals surface area (Å²) in [6.45, 7) is 5.40. The molecular formula is C16H28N2OS. The number of hydrogen-bond acceptors (Lipinski definition) is 3. The van der Waals surface area contributed by atoms with Crippen LogP contribution in [0.1, 0.15) is 46.0 Å². The van der Waals surface area contributed by atoms with E-state index in [-0.39, 0.29) is 5.92 Å². The van der Waals surface area contributed by atoms with Crippen LogP contribution >= 0.6 is 11.8 Å². The van der Waals surface area contributed by atoms with Gasteiger partial charge in [-0.3, -0.25) is 4.79 Å². The molecule has 0 radical (unpaired) electrons. The highest BCUT2D eigenvalue weighted by atomic mass is 32.2. The van der Waals surface area contributed by atoms with Gasteiger partial charge in [0.05, 0.1) is 0 Å². The summed E-state index contributed by atoms with van der Waals surface area (Å²) in [6.07, 6.45) is 5.88. The molecule has 1 amide bonds. The quantitative estimate of drug-likeness (QED) is 0.808. The molecule has 114 valence electrons. The highest BCUT2D eigenvalue weighted by Gasteiger charge is 2.42. The number of carbonyl (C=O) groups excluding carboxylic acids is 1. The van der Waals surface area contributed by atoms with Crippen LogP contribution in [-0.2, 0) is 4.79 Å². The van der Waals surface area contributed by atoms with Crippen LogP contribution < -0.4 is 5.73 Å². The van der Waals surface area contributed by atoms with Crippen molar-refractivity contribution in [1.29, 1.82) is 0 Å². The molecule has 0 aromatic carbocycles. The van der Waals surface area contributed by atoms with Gasteiger partial charge in [-0.1, -0.05) is 13.3 Å². The van der Waals surface area contributed by atoms with Crippen LogP contribution in [0.4, 0.5) is 0 Å². The minimum absolute atomic E-state index is 0.253. The topological polar surface area (TPSA) is 46.3 Å². The van der Waals surface area contributed by atoms with Crippen LogP contribution in [0.3, 0.4) is 0 Å². The van der Waals surface area contributed by atoms with Crippen LogP contribution in [0.25, 0.3) is 0 Å². The first-order valence-electron chi connectivity index (χ1n) is 8.25. The third-order valence-electron chi connectivity index (χ3n) is 5.93. The lowest BCUT2D eigenvalue weighted by molar-refractivity contribution is -0.140. The van der Waals surface area contributed by atoms with Crippen LogP contribution in [-0.4, -0.2) is 40.4 Å². The van der Waals surface area contributed by atoms with E-state index in [1.54, 1.807) is 0 Å². The van der Waals surface area contributed by atoms with Crippen molar-refractivity contribution in [2.45, 2.75) is 63.3 Å². The molecule has 3 nitrogen and oxygen atoms in total. The number of nitrogens with zero attached hydrogens (tertiary/aromatic N) is 1. The van der Waals surface area contributed by atoms with Crippen LogP contribution in [0.5, 0.6) is 0 Å². The summed E-state index contributed by atoms with van der Waals surface area (Å²) in [6, 6.07) is 0.748. The Hall–Kier alpha value is -0.220. The number of fused-ring (bicyclic) bond motifs is 2. The van der Waals surface area contributed by atoms with Crippen LogP contribution in [0.15, 0.2) is 0 Å². The molecule has 3 fully saturated rings. The molecule has 1 aliphatic heterocycles. The maximum atomic E-state index is 12.9. The zero-order chi connectivity index (χ0) is 14.3. The molecule has 3 rings (SSSR count). The molecule has 2 aliphatic carbocycles. The SMILES string of the molecule is CC1SCCN(C(=O)C2CC3CCCC(C2)C3N)C1C. The number of hydrogen-bond donors (Lipinski definition) is 1. The molecule has 3 aliphatic rings. The highest BCUT2D eigenvalue weighted by molar-refractivity contribution is 8.00. The minimum Gasteiger partial charge on any atom is -0.338 e. The average molecular weight is 296 g/mol. The van der Waals surface area contributed by atoms with E-state index in [0.29, 0.717) is 35.1 Å². The van der Waals surface area contributed by atoms with E-state index in [4.69, 9.17) is 5.73 Å². The lowest BCUT2D eigenvalue weighted by Crippen LogP contribution is -2.54. The van der Waals surface area contributed by atoms with Crippen molar-refractivity contribution >= 4 is 17.7 Å². The normalized spacial score (nSPS) is 45.2. The summed E-state index contributed by atoms with van der Waals surface area (Å²) in [5.41, 5.74) is 6.35. The van der Waals surface area contributed by atoms with E-state index in [1.807, 2.05) is 11.8 Å². The Bertz CT molecular complexity index is 361. The molecule has 0 aromatic heterocycles. The van der Waals surface area contributed by atoms with Crippen molar-refractivity contribution in [3.05, 3.63) is 0 Å². The summed E-state index contributed by atoms with van der Waals surface area (Å²) in [5.74, 6) is 2.97. The molecule has 0 spiro atoms. The number of thioether (sulfide) groups is 1. The Labute approximate surface area is 127 Å². The fraction of sp³-hybridized carbons (Fsp3) is 0.938. The van der Waals surface area contributed by atoms with Gasteiger partial charge in [0.2, 0.25) is 5.91 Å². The van der Waals surface area contributed by atoms with E-state index in [1.165, 1.54) is 19.3 Å². The maximum Gasteiger partial charge on any atom is 0.226 e. The summed E-state index contributed by atoms with van der Waals surface area (Å²) in [5, 5.41) is 0.568. The fourth-order valence-corrected chi connectivity index (χ4v) is 5.57. The predicted molar refractivity (Wildman–Crippen MR) is 84.6 cm³/mol. The second kappa shape index (κ2) is 5.88. The Morgan fingerprint density at radius 3 is 2.50 bits per heavy atom. The Morgan fingerprint density at radius 2 is 1.85 bits per heavy atom. The number of rotatable bonds is 1. The summed E-state index contributed by atoms with van der Waals surface area (Å²) in [4.78, 5) is 15.1. The molecule has 0 aromatic rings. The third-order valence-corrected chi connectivity index (χ3v) is 7.27. The molecule has 2 bridgehead atoms. The van der Waals surface area contributed by atoms with Crippen LogP contribution in [0, 0.1) is 17.8 Å². The molecule has 1 saturated heterocycles. The molecule has 20 heavy (non-hydrogen) atoms. The van der Waals surface area contributed by atoms with Crippen molar-refractivity contribution in [3.8, 4) is 0 Å². The van der Waals surface area contributed by atoms with Gasteiger partial charge in [0.15, 0.2) is 0 Å². The molecule has 2 N–H and O–H groups in total. The zero-order valence-electron chi connectivity index (χ0n) is 12.8. The molecule has 4 unspecified atom stereocenters. The largest absolute Gasteiger partial charge is 0.338 e. The monoisotopic (exact) mass is 296 g/mol. The lowest BCUT2D eigenvalue weighted by Gasteiger charge is -2.46. The number of amides is 1. The van der Waals surface area contributed by atoms with Gasteiger partial charge in [-0.2, -0.15) is 11.8 Å². The van der Waals surface area contributed by atoms with Gasteiger partial charge in [-0.05, 0) is 44.4 Å². The van der Waals surface area contributed by atoms with E-state index in [0.717, 1.165) is 25.1 Å². The average Bonchev–Trinajstić information content (AvgIpc) is 2.41. The Kier molecular flexibility index (Phi) is 4.32. The second-order valence-electron chi connectivity index (χ2n) is 7.04. The van der Waals surface area contributed by atoms with E-state index in [9.17, 15) is 4.79 Å². The Balaban J connectivity index is 1.68. The summed E-state index contributed by atoms with van der Waals surface area (Å²) < 4.78 is 0. The number of carbonyl (C=O) groups is 1. The van der Waals surface area contributed by atoms with Crippen molar-refractivity contribution < 1.29 is 4.79 Å². The van der Waals surface area contributed by atoms with E-state index in [2.05, 4.69) is 18.7 Å². The van der Waals surface area contributed by atoms with E-state index >= 15 is 0 Å². The zero-order valence-corrected chi connectivity index (χ0v) is 13.6. The first-order valence-corrected chi connectivity index (χ1v) is 9.30. The van der Waals surface area contributed by atoms with Crippen molar-refractivity contribution in [2.75, 3.05) is 12.3 Å². The standard InChI is InChI=1S/C16H28N2OS/c1-10-11(2)20-7-6-18(10)16(19)14-8-12-4-3-5-13(9-14)15(12)17/h10-15H,3-9,17H2,1-2H3. The van der Waals surface area contributed by atoms with Gasteiger partial charge in [-0.25, -0.2) is 0 Å². The minimum atomic E-state index is 0.253. The smallest absolute Gasteiger partial charge is 0.226 e. The van der Waals surface area contributed by atoms with Gasteiger partial charge in [0.25, 0.3) is 0 Å². The van der Waals surface area contributed by atoms with Gasteiger partial charge in [-0.15, -0.1) is 0 Å². The highest BCUT2D eigenvalue weighted by Crippen LogP contribution is 2.43. The Morgan fingerprint density at radius 1 is 1.20 bits per heavy atom. The lowest BCUT2D eigenvalue weighted by atomic mass is 9.65. The molecule has 2 saturated carbocycles. The maximum absolute atomic E-state index is 12.9. The van der Waals surface area contributed by atoms with Gasteiger partial charge < -0.3 is 10.6 Å². The first kappa shape index (κ1) is 14.7. The predicted octanol–water partition coefficient (Wildman–Crippen LogP) is 2.49. The first-order chi connectivity index (χ1) is 9.58. The van der Waals surface area contributed by atoms with Crippen LogP contribution in [0.2, 0.25) is 0 Å². The summed E-state index contributed by atoms with van der Waals surface area (Å²) in [7, 11) is 0.